The predicted octanol–water partition coefficient (Wildman–Crippen LogP) is 3.57. The van der Waals surface area contributed by atoms with Crippen LogP contribution in [0.15, 0.2) is 0 Å². The van der Waals surface area contributed by atoms with Gasteiger partial charge in [0.25, 0.3) is 0 Å². The molecule has 0 amide bonds. The Bertz CT molecular complexity index is 427. The van der Waals surface area contributed by atoms with Gasteiger partial charge in [0.2, 0.25) is 0 Å². The van der Waals surface area contributed by atoms with Crippen molar-refractivity contribution in [1.82, 2.24) is 0 Å². The molecule has 0 unspecified atom stereocenters. The SMILES string of the molecule is CCCCCCCCCCCCc1c(N)c(=N)c1=N. The first-order valence-electron chi connectivity index (χ1n) is 7.85. The predicted molar refractivity (Wildman–Crippen MR) is 80.5 cm³/mol. The van der Waals surface area contributed by atoms with Crippen molar-refractivity contribution < 1.29 is 0 Å². The molecule has 3 heteroatoms. The summed E-state index contributed by atoms with van der Waals surface area (Å²) in [5.41, 5.74) is 7.17. The van der Waals surface area contributed by atoms with Crippen LogP contribution in [0.4, 0.5) is 5.69 Å². The largest absolute Gasteiger partial charge is 0.397 e. The molecule has 1 aromatic rings. The van der Waals surface area contributed by atoms with Gasteiger partial charge in [-0.05, 0) is 12.8 Å². The maximum absolute atomic E-state index is 7.59. The van der Waals surface area contributed by atoms with Crippen molar-refractivity contribution in [2.75, 3.05) is 5.73 Å². The lowest BCUT2D eigenvalue weighted by molar-refractivity contribution is 0.555. The molecule has 0 saturated heterocycles. The number of hydrogen-bond donors (Lipinski definition) is 3. The lowest BCUT2D eigenvalue weighted by Gasteiger charge is -2.09. The summed E-state index contributed by atoms with van der Waals surface area (Å²) < 4.78 is 0. The number of nitrogen functional groups attached to an aromatic ring is 1. The minimum atomic E-state index is 0.238. The number of nitrogens with two attached hydrogens (primary N) is 1. The van der Waals surface area contributed by atoms with E-state index in [9.17, 15) is 0 Å². The van der Waals surface area contributed by atoms with Crippen LogP contribution in [0.25, 0.3) is 0 Å². The molecule has 0 heterocycles. The minimum Gasteiger partial charge on any atom is -0.397 e. The van der Waals surface area contributed by atoms with Gasteiger partial charge in [-0.25, -0.2) is 0 Å². The fourth-order valence-corrected chi connectivity index (χ4v) is 2.56. The average Bonchev–Trinajstić information content (AvgIpc) is 2.43. The van der Waals surface area contributed by atoms with Crippen molar-refractivity contribution >= 4 is 5.69 Å². The maximum Gasteiger partial charge on any atom is 0.103 e. The molecular formula is C16H29N3. The van der Waals surface area contributed by atoms with Crippen LogP contribution < -0.4 is 16.4 Å². The van der Waals surface area contributed by atoms with Crippen molar-refractivity contribution in [3.05, 3.63) is 16.3 Å². The van der Waals surface area contributed by atoms with Crippen LogP contribution in [-0.4, -0.2) is 0 Å². The Hall–Kier alpha value is -1.12. The summed E-state index contributed by atoms with van der Waals surface area (Å²) in [5.74, 6) is 0. The van der Waals surface area contributed by atoms with Gasteiger partial charge in [0, 0.05) is 5.56 Å². The molecule has 0 aliphatic rings. The second-order valence-electron chi connectivity index (χ2n) is 5.57. The quantitative estimate of drug-likeness (QED) is 0.525. The number of rotatable bonds is 11. The van der Waals surface area contributed by atoms with Crippen molar-refractivity contribution in [1.29, 1.82) is 10.8 Å². The van der Waals surface area contributed by atoms with E-state index in [4.69, 9.17) is 16.6 Å². The minimum absolute atomic E-state index is 0.238. The lowest BCUT2D eigenvalue weighted by atomic mass is 9.99. The van der Waals surface area contributed by atoms with Crippen LogP contribution in [0.1, 0.15) is 76.7 Å². The molecule has 0 spiro atoms. The van der Waals surface area contributed by atoms with E-state index >= 15 is 0 Å². The first kappa shape index (κ1) is 15.9. The summed E-state index contributed by atoms with van der Waals surface area (Å²) in [7, 11) is 0. The molecule has 0 fully saturated rings. The van der Waals surface area contributed by atoms with Gasteiger partial charge in [-0.3, -0.25) is 10.8 Å². The third-order valence-corrected chi connectivity index (χ3v) is 3.93. The molecule has 0 aliphatic carbocycles. The van der Waals surface area contributed by atoms with E-state index in [0.717, 1.165) is 18.4 Å². The van der Waals surface area contributed by atoms with E-state index in [1.807, 2.05) is 0 Å². The van der Waals surface area contributed by atoms with Crippen molar-refractivity contribution in [3.8, 4) is 0 Å². The molecule has 1 aromatic carbocycles. The molecule has 1 rings (SSSR count). The van der Waals surface area contributed by atoms with Gasteiger partial charge in [-0.2, -0.15) is 0 Å². The zero-order valence-electron chi connectivity index (χ0n) is 12.4. The van der Waals surface area contributed by atoms with E-state index in [2.05, 4.69) is 6.92 Å². The highest BCUT2D eigenvalue weighted by molar-refractivity contribution is 5.50. The maximum atomic E-state index is 7.59. The summed E-state index contributed by atoms with van der Waals surface area (Å²) in [6.45, 7) is 2.26. The van der Waals surface area contributed by atoms with Crippen LogP contribution in [-0.2, 0) is 6.42 Å². The van der Waals surface area contributed by atoms with Gasteiger partial charge < -0.3 is 5.73 Å². The molecule has 0 atom stereocenters. The first-order chi connectivity index (χ1) is 9.18. The van der Waals surface area contributed by atoms with E-state index in [1.54, 1.807) is 0 Å². The van der Waals surface area contributed by atoms with Crippen molar-refractivity contribution in [2.24, 2.45) is 0 Å². The zero-order valence-corrected chi connectivity index (χ0v) is 12.4. The molecule has 0 saturated carbocycles. The summed E-state index contributed by atoms with van der Waals surface area (Å²) >= 11 is 0. The summed E-state index contributed by atoms with van der Waals surface area (Å²) in [6, 6.07) is 0. The van der Waals surface area contributed by atoms with Gasteiger partial charge in [0.05, 0.1) is 11.0 Å². The first-order valence-corrected chi connectivity index (χ1v) is 7.85. The van der Waals surface area contributed by atoms with E-state index in [0.29, 0.717) is 11.0 Å². The third kappa shape index (κ3) is 5.17. The van der Waals surface area contributed by atoms with Gasteiger partial charge in [-0.15, -0.1) is 0 Å². The second kappa shape index (κ2) is 8.89. The normalized spacial score (nSPS) is 11.2. The third-order valence-electron chi connectivity index (χ3n) is 3.93. The molecule has 19 heavy (non-hydrogen) atoms. The molecule has 0 aromatic heterocycles. The molecule has 3 nitrogen and oxygen atoms in total. The highest BCUT2D eigenvalue weighted by Crippen LogP contribution is 2.12. The van der Waals surface area contributed by atoms with Crippen LogP contribution in [0.3, 0.4) is 0 Å². The summed E-state index contributed by atoms with van der Waals surface area (Å²) in [5, 5.41) is 15.6. The monoisotopic (exact) mass is 263 g/mol. The Morgan fingerprint density at radius 3 is 1.68 bits per heavy atom. The molecule has 4 N–H and O–H groups in total. The number of anilines is 1. The molecule has 0 radical (unpaired) electrons. The lowest BCUT2D eigenvalue weighted by Crippen LogP contribution is -2.38. The standard InChI is InChI=1S/C16H29N3/c1-2-3-4-5-6-7-8-9-10-11-12-13-14(17)16(19)15(13)18/h17,19H,2-12,18H2,1H3. The Labute approximate surface area is 117 Å². The fraction of sp³-hybridized carbons (Fsp3) is 0.750. The van der Waals surface area contributed by atoms with Gasteiger partial charge in [0.1, 0.15) is 5.36 Å². The summed E-state index contributed by atoms with van der Waals surface area (Å²) in [4.78, 5) is 0. The second-order valence-corrected chi connectivity index (χ2v) is 5.57. The number of hydrogen-bond acceptors (Lipinski definition) is 3. The average molecular weight is 263 g/mol. The van der Waals surface area contributed by atoms with Gasteiger partial charge in [-0.1, -0.05) is 64.7 Å². The summed E-state index contributed by atoms with van der Waals surface area (Å²) in [6.07, 6.45) is 14.1. The Morgan fingerprint density at radius 2 is 1.21 bits per heavy atom. The van der Waals surface area contributed by atoms with Crippen molar-refractivity contribution in [2.45, 2.75) is 77.6 Å². The van der Waals surface area contributed by atoms with E-state index in [-0.39, 0.29) is 5.36 Å². The Kier molecular flexibility index (Phi) is 7.46. The van der Waals surface area contributed by atoms with Crippen LogP contribution in [0.2, 0.25) is 0 Å². The van der Waals surface area contributed by atoms with E-state index in [1.165, 1.54) is 57.8 Å². The van der Waals surface area contributed by atoms with Gasteiger partial charge >= 0.3 is 0 Å². The van der Waals surface area contributed by atoms with Gasteiger partial charge in [0.15, 0.2) is 0 Å². The topological polar surface area (TPSA) is 73.7 Å². The van der Waals surface area contributed by atoms with Crippen LogP contribution in [0.5, 0.6) is 0 Å². The Balaban J connectivity index is 1.92. The highest BCUT2D eigenvalue weighted by atomic mass is 14.6. The molecule has 108 valence electrons. The molecule has 0 bridgehead atoms. The highest BCUT2D eigenvalue weighted by Gasteiger charge is 2.10. The smallest absolute Gasteiger partial charge is 0.103 e. The van der Waals surface area contributed by atoms with E-state index < -0.39 is 0 Å². The number of unbranched alkanes of at least 4 members (excludes halogenated alkanes) is 9. The fourth-order valence-electron chi connectivity index (χ4n) is 2.56. The van der Waals surface area contributed by atoms with Crippen molar-refractivity contribution in [3.63, 3.8) is 0 Å². The van der Waals surface area contributed by atoms with Crippen LogP contribution >= 0.6 is 0 Å². The molecular weight excluding hydrogens is 234 g/mol. The van der Waals surface area contributed by atoms with Crippen LogP contribution in [0, 0.1) is 10.8 Å². The molecule has 0 aliphatic heterocycles. The number of nitrogens with one attached hydrogen (secondary N) is 2. The Morgan fingerprint density at radius 1 is 0.737 bits per heavy atom. The zero-order chi connectivity index (χ0) is 14.1.